The second kappa shape index (κ2) is 9.48. The molecule has 0 unspecified atom stereocenters. The molecule has 0 aromatic heterocycles. The third-order valence-electron chi connectivity index (χ3n) is 4.58. The van der Waals surface area contributed by atoms with E-state index in [0.29, 0.717) is 38.4 Å². The van der Waals surface area contributed by atoms with Crippen molar-refractivity contribution in [3.05, 3.63) is 29.8 Å². The summed E-state index contributed by atoms with van der Waals surface area (Å²) in [5.41, 5.74) is 0.421. The molecule has 2 rings (SSSR count). The van der Waals surface area contributed by atoms with Crippen LogP contribution in [0.5, 0.6) is 0 Å². The van der Waals surface area contributed by atoms with E-state index in [1.54, 1.807) is 18.2 Å². The first-order valence-corrected chi connectivity index (χ1v) is 10.8. The summed E-state index contributed by atoms with van der Waals surface area (Å²) in [6, 6.07) is 6.46. The fraction of sp³-hybridized carbons (Fsp3) is 0.632. The zero-order chi connectivity index (χ0) is 19.2. The van der Waals surface area contributed by atoms with Crippen LogP contribution in [-0.2, 0) is 14.8 Å². The number of carbonyl (C=O) groups excluding carboxylic acids is 1. The Morgan fingerprint density at radius 2 is 1.92 bits per heavy atom. The molecule has 1 aliphatic heterocycles. The van der Waals surface area contributed by atoms with Gasteiger partial charge in [-0.25, -0.2) is 8.42 Å². The fourth-order valence-electron chi connectivity index (χ4n) is 3.02. The minimum absolute atomic E-state index is 0.0684. The summed E-state index contributed by atoms with van der Waals surface area (Å²) in [7, 11) is -3.60. The average Bonchev–Trinajstić information content (AvgIpc) is 2.65. The minimum Gasteiger partial charge on any atom is -0.379 e. The van der Waals surface area contributed by atoms with E-state index >= 15 is 0 Å². The Bertz CT molecular complexity index is 697. The molecule has 146 valence electrons. The largest absolute Gasteiger partial charge is 0.379 e. The van der Waals surface area contributed by atoms with Crippen molar-refractivity contribution in [2.45, 2.75) is 51.0 Å². The molecular formula is C19H30N2O4S. The summed E-state index contributed by atoms with van der Waals surface area (Å²) >= 11 is 0. The van der Waals surface area contributed by atoms with E-state index in [0.717, 1.165) is 19.3 Å². The van der Waals surface area contributed by atoms with Crippen LogP contribution in [0.2, 0.25) is 0 Å². The van der Waals surface area contributed by atoms with Gasteiger partial charge in [0.1, 0.15) is 0 Å². The van der Waals surface area contributed by atoms with Gasteiger partial charge in [0.25, 0.3) is 5.91 Å². The van der Waals surface area contributed by atoms with Gasteiger partial charge in [0.15, 0.2) is 0 Å². The Hall–Kier alpha value is -1.44. The molecular weight excluding hydrogens is 352 g/mol. The van der Waals surface area contributed by atoms with Gasteiger partial charge in [0.05, 0.1) is 18.1 Å². The standard InChI is InChI=1S/C19H30N2O4S/c1-4-5-6-10-21(16(2)3)19(22)17-8-7-9-18(15-17)26(23,24)20-11-13-25-14-12-20/h7-9,15-16H,4-6,10-14H2,1-3H3. The highest BCUT2D eigenvalue weighted by Gasteiger charge is 2.27. The highest BCUT2D eigenvalue weighted by molar-refractivity contribution is 7.89. The molecule has 0 radical (unpaired) electrons. The van der Waals surface area contributed by atoms with E-state index in [1.807, 2.05) is 18.7 Å². The molecule has 1 saturated heterocycles. The Kier molecular flexibility index (Phi) is 7.61. The third kappa shape index (κ3) is 5.05. The van der Waals surface area contributed by atoms with E-state index in [2.05, 4.69) is 6.92 Å². The number of amides is 1. The number of unbranched alkanes of at least 4 members (excludes halogenated alkanes) is 2. The van der Waals surface area contributed by atoms with Gasteiger partial charge in [-0.05, 0) is 38.5 Å². The zero-order valence-electron chi connectivity index (χ0n) is 16.0. The van der Waals surface area contributed by atoms with Crippen LogP contribution in [0.4, 0.5) is 0 Å². The van der Waals surface area contributed by atoms with Crippen molar-refractivity contribution in [3.8, 4) is 0 Å². The predicted molar refractivity (Wildman–Crippen MR) is 102 cm³/mol. The highest BCUT2D eigenvalue weighted by Crippen LogP contribution is 2.20. The van der Waals surface area contributed by atoms with Crippen LogP contribution in [0, 0.1) is 0 Å². The van der Waals surface area contributed by atoms with Crippen LogP contribution in [0.15, 0.2) is 29.2 Å². The first kappa shape index (κ1) is 20.9. The van der Waals surface area contributed by atoms with Gasteiger partial charge in [-0.15, -0.1) is 0 Å². The van der Waals surface area contributed by atoms with Gasteiger partial charge in [0.2, 0.25) is 10.0 Å². The number of morpholine rings is 1. The summed E-state index contributed by atoms with van der Waals surface area (Å²) in [5.74, 6) is -0.116. The van der Waals surface area contributed by atoms with Crippen LogP contribution in [0.3, 0.4) is 0 Å². The van der Waals surface area contributed by atoms with Gasteiger partial charge < -0.3 is 9.64 Å². The van der Waals surface area contributed by atoms with Crippen molar-refractivity contribution >= 4 is 15.9 Å². The maximum absolute atomic E-state index is 12.9. The first-order chi connectivity index (χ1) is 12.4. The van der Waals surface area contributed by atoms with Crippen LogP contribution >= 0.6 is 0 Å². The van der Waals surface area contributed by atoms with Crippen LogP contribution in [0.25, 0.3) is 0 Å². The average molecular weight is 383 g/mol. The van der Waals surface area contributed by atoms with Gasteiger partial charge in [0, 0.05) is 31.2 Å². The number of ether oxygens (including phenoxy) is 1. The van der Waals surface area contributed by atoms with E-state index in [1.165, 1.54) is 10.4 Å². The molecule has 1 fully saturated rings. The molecule has 1 amide bonds. The van der Waals surface area contributed by atoms with Crippen molar-refractivity contribution in [1.29, 1.82) is 0 Å². The van der Waals surface area contributed by atoms with E-state index in [4.69, 9.17) is 4.74 Å². The van der Waals surface area contributed by atoms with Gasteiger partial charge >= 0.3 is 0 Å². The minimum atomic E-state index is -3.60. The fourth-order valence-corrected chi connectivity index (χ4v) is 4.47. The first-order valence-electron chi connectivity index (χ1n) is 9.37. The molecule has 0 bridgehead atoms. The molecule has 7 heteroatoms. The Labute approximate surface area is 157 Å². The Morgan fingerprint density at radius 3 is 2.54 bits per heavy atom. The number of sulfonamides is 1. The lowest BCUT2D eigenvalue weighted by molar-refractivity contribution is 0.0701. The summed E-state index contributed by atoms with van der Waals surface area (Å²) in [4.78, 5) is 14.9. The molecule has 1 aliphatic rings. The highest BCUT2D eigenvalue weighted by atomic mass is 32.2. The lowest BCUT2D eigenvalue weighted by Crippen LogP contribution is -2.41. The SMILES string of the molecule is CCCCCN(C(=O)c1cccc(S(=O)(=O)N2CCOCC2)c1)C(C)C. The number of hydrogen-bond donors (Lipinski definition) is 0. The summed E-state index contributed by atoms with van der Waals surface area (Å²) in [6.07, 6.45) is 3.11. The van der Waals surface area contributed by atoms with Gasteiger partial charge in [-0.2, -0.15) is 4.31 Å². The Morgan fingerprint density at radius 1 is 1.23 bits per heavy atom. The molecule has 1 aromatic carbocycles. The van der Waals surface area contributed by atoms with Crippen LogP contribution in [0.1, 0.15) is 50.4 Å². The summed E-state index contributed by atoms with van der Waals surface area (Å²) < 4.78 is 32.3. The number of nitrogens with zero attached hydrogens (tertiary/aromatic N) is 2. The smallest absolute Gasteiger partial charge is 0.254 e. The Balaban J connectivity index is 2.22. The van der Waals surface area contributed by atoms with Gasteiger partial charge in [-0.1, -0.05) is 25.8 Å². The molecule has 0 N–H and O–H groups in total. The number of carbonyl (C=O) groups is 1. The topological polar surface area (TPSA) is 66.9 Å². The number of hydrogen-bond acceptors (Lipinski definition) is 4. The van der Waals surface area contributed by atoms with Crippen molar-refractivity contribution in [2.24, 2.45) is 0 Å². The molecule has 0 saturated carbocycles. The number of benzene rings is 1. The van der Waals surface area contributed by atoms with Crippen LogP contribution < -0.4 is 0 Å². The van der Waals surface area contributed by atoms with Crippen molar-refractivity contribution in [1.82, 2.24) is 9.21 Å². The van der Waals surface area contributed by atoms with Crippen molar-refractivity contribution < 1.29 is 17.9 Å². The molecule has 0 aliphatic carbocycles. The van der Waals surface area contributed by atoms with E-state index in [9.17, 15) is 13.2 Å². The molecule has 0 spiro atoms. The predicted octanol–water partition coefficient (Wildman–Crippen LogP) is 2.75. The maximum atomic E-state index is 12.9. The quantitative estimate of drug-likeness (QED) is 0.649. The maximum Gasteiger partial charge on any atom is 0.254 e. The second-order valence-corrected chi connectivity index (χ2v) is 8.78. The third-order valence-corrected chi connectivity index (χ3v) is 6.47. The van der Waals surface area contributed by atoms with Gasteiger partial charge in [-0.3, -0.25) is 4.79 Å². The van der Waals surface area contributed by atoms with Crippen molar-refractivity contribution in [3.63, 3.8) is 0 Å². The van der Waals surface area contributed by atoms with Crippen LogP contribution in [-0.4, -0.2) is 62.4 Å². The lowest BCUT2D eigenvalue weighted by Gasteiger charge is -2.28. The second-order valence-electron chi connectivity index (χ2n) is 6.84. The zero-order valence-corrected chi connectivity index (χ0v) is 16.8. The molecule has 6 nitrogen and oxygen atoms in total. The molecule has 1 heterocycles. The van der Waals surface area contributed by atoms with E-state index < -0.39 is 10.0 Å². The lowest BCUT2D eigenvalue weighted by atomic mass is 10.1. The molecule has 1 aromatic rings. The molecule has 26 heavy (non-hydrogen) atoms. The van der Waals surface area contributed by atoms with E-state index in [-0.39, 0.29) is 16.8 Å². The number of rotatable bonds is 8. The molecule has 0 atom stereocenters. The summed E-state index contributed by atoms with van der Waals surface area (Å²) in [6.45, 7) is 8.26. The van der Waals surface area contributed by atoms with Crippen molar-refractivity contribution in [2.75, 3.05) is 32.8 Å². The summed E-state index contributed by atoms with van der Waals surface area (Å²) in [5, 5.41) is 0. The normalized spacial score (nSPS) is 16.0. The monoisotopic (exact) mass is 382 g/mol.